The molecule has 0 atom stereocenters. The first-order valence-corrected chi connectivity index (χ1v) is 18.3. The van der Waals surface area contributed by atoms with Crippen molar-refractivity contribution in [3.8, 4) is 79.2 Å². The molecule has 0 spiro atoms. The van der Waals surface area contributed by atoms with E-state index in [1.54, 1.807) is 0 Å². The van der Waals surface area contributed by atoms with Gasteiger partial charge in [-0.05, 0) is 44.2 Å². The summed E-state index contributed by atoms with van der Waals surface area (Å²) in [5.41, 5.74) is 14.8. The maximum atomic E-state index is 5.50. The summed E-state index contributed by atoms with van der Waals surface area (Å²) in [6, 6.07) is 68.3. The van der Waals surface area contributed by atoms with Gasteiger partial charge in [-0.1, -0.05) is 175 Å². The van der Waals surface area contributed by atoms with Gasteiger partial charge in [-0.3, -0.25) is 9.13 Å². The highest BCUT2D eigenvalue weighted by molar-refractivity contribution is 5.87. The molecular formula is C50H38N4. The van der Waals surface area contributed by atoms with Crippen LogP contribution in [0.1, 0.15) is 11.1 Å². The molecule has 0 amide bonds. The molecule has 0 fully saturated rings. The predicted molar refractivity (Wildman–Crippen MR) is 223 cm³/mol. The van der Waals surface area contributed by atoms with E-state index in [-0.39, 0.29) is 0 Å². The van der Waals surface area contributed by atoms with Crippen molar-refractivity contribution >= 4 is 0 Å². The zero-order valence-electron chi connectivity index (χ0n) is 30.3. The van der Waals surface area contributed by atoms with Crippen molar-refractivity contribution < 1.29 is 0 Å². The molecule has 4 heteroatoms. The standard InChI is InChI=1S/C50H38N4/c1-35-26-30-43(31-27-35)53-47(39-20-11-5-12-21-39)45(37-16-7-3-8-17-37)51-49(53)41-24-15-25-42(34-41)50-52-46(38-18-9-4-10-19-38)48(40-22-13-6-14-23-40)54(50)44-32-28-36(2)29-33-44/h3-34H,1-2H3. The summed E-state index contributed by atoms with van der Waals surface area (Å²) >= 11 is 0. The molecule has 7 aromatic carbocycles. The number of hydrogen-bond acceptors (Lipinski definition) is 2. The Hall–Kier alpha value is -7.04. The van der Waals surface area contributed by atoms with Gasteiger partial charge in [0.2, 0.25) is 0 Å². The summed E-state index contributed by atoms with van der Waals surface area (Å²) in [7, 11) is 0. The maximum Gasteiger partial charge on any atom is 0.145 e. The van der Waals surface area contributed by atoms with Crippen LogP contribution in [0.5, 0.6) is 0 Å². The number of aryl methyl sites for hydroxylation is 2. The first-order chi connectivity index (χ1) is 26.6. The van der Waals surface area contributed by atoms with Crippen LogP contribution in [0.25, 0.3) is 79.2 Å². The van der Waals surface area contributed by atoms with E-state index in [0.29, 0.717) is 0 Å². The Morgan fingerprint density at radius 3 is 0.981 bits per heavy atom. The lowest BCUT2D eigenvalue weighted by molar-refractivity contribution is 1.06. The fraction of sp³-hybridized carbons (Fsp3) is 0.0400. The van der Waals surface area contributed by atoms with Crippen LogP contribution in [0.4, 0.5) is 0 Å². The molecule has 0 radical (unpaired) electrons. The highest BCUT2D eigenvalue weighted by Gasteiger charge is 2.25. The fourth-order valence-electron chi connectivity index (χ4n) is 7.23. The first kappa shape index (κ1) is 32.8. The van der Waals surface area contributed by atoms with Crippen LogP contribution in [-0.4, -0.2) is 19.1 Å². The molecule has 9 rings (SSSR count). The van der Waals surface area contributed by atoms with Gasteiger partial charge in [0.15, 0.2) is 0 Å². The number of aromatic nitrogens is 4. The Kier molecular flexibility index (Phi) is 8.62. The highest BCUT2D eigenvalue weighted by atomic mass is 15.1. The Labute approximate surface area is 316 Å². The normalized spacial score (nSPS) is 11.1. The van der Waals surface area contributed by atoms with Gasteiger partial charge in [-0.25, -0.2) is 9.97 Å². The monoisotopic (exact) mass is 694 g/mol. The minimum atomic E-state index is 0.860. The zero-order valence-corrected chi connectivity index (χ0v) is 30.3. The zero-order chi connectivity index (χ0) is 36.4. The van der Waals surface area contributed by atoms with Crippen LogP contribution in [0, 0.1) is 13.8 Å². The van der Waals surface area contributed by atoms with E-state index in [9.17, 15) is 0 Å². The molecule has 0 aliphatic carbocycles. The van der Waals surface area contributed by atoms with E-state index < -0.39 is 0 Å². The second kappa shape index (κ2) is 14.2. The van der Waals surface area contributed by atoms with Gasteiger partial charge in [-0.2, -0.15) is 0 Å². The molecule has 0 bridgehead atoms. The lowest BCUT2D eigenvalue weighted by Crippen LogP contribution is -2.02. The third kappa shape index (κ3) is 6.14. The highest BCUT2D eigenvalue weighted by Crippen LogP contribution is 2.42. The van der Waals surface area contributed by atoms with Gasteiger partial charge in [0.1, 0.15) is 11.6 Å². The van der Waals surface area contributed by atoms with Crippen LogP contribution in [0.15, 0.2) is 194 Å². The van der Waals surface area contributed by atoms with E-state index in [4.69, 9.17) is 9.97 Å². The Morgan fingerprint density at radius 2 is 0.630 bits per heavy atom. The molecule has 0 aliphatic rings. The summed E-state index contributed by atoms with van der Waals surface area (Å²) in [5, 5.41) is 0. The van der Waals surface area contributed by atoms with Crippen molar-refractivity contribution in [2.45, 2.75) is 13.8 Å². The van der Waals surface area contributed by atoms with Gasteiger partial charge in [0.25, 0.3) is 0 Å². The maximum absolute atomic E-state index is 5.50. The lowest BCUT2D eigenvalue weighted by atomic mass is 10.0. The van der Waals surface area contributed by atoms with Crippen molar-refractivity contribution in [2.75, 3.05) is 0 Å². The smallest absolute Gasteiger partial charge is 0.145 e. The summed E-state index contributed by atoms with van der Waals surface area (Å²) < 4.78 is 4.63. The molecule has 258 valence electrons. The molecule has 9 aromatic rings. The second-order valence-electron chi connectivity index (χ2n) is 13.7. The van der Waals surface area contributed by atoms with Gasteiger partial charge in [-0.15, -0.1) is 0 Å². The lowest BCUT2D eigenvalue weighted by Gasteiger charge is -2.16. The van der Waals surface area contributed by atoms with Crippen molar-refractivity contribution in [2.24, 2.45) is 0 Å². The van der Waals surface area contributed by atoms with Crippen molar-refractivity contribution in [1.82, 2.24) is 19.1 Å². The molecule has 0 aliphatic heterocycles. The SMILES string of the molecule is Cc1ccc(-n2c(-c3cccc(-c4nc(-c5ccccc5)c(-c5ccccc5)n4-c4ccc(C)cc4)c3)nc(-c3ccccc3)c2-c2ccccc2)cc1. The molecule has 2 aromatic heterocycles. The average molecular weight is 695 g/mol. The van der Waals surface area contributed by atoms with E-state index in [1.165, 1.54) is 11.1 Å². The minimum absolute atomic E-state index is 0.860. The summed E-state index contributed by atoms with van der Waals surface area (Å²) in [6.07, 6.45) is 0. The van der Waals surface area contributed by atoms with Gasteiger partial charge < -0.3 is 0 Å². The Bertz CT molecular complexity index is 2490. The third-order valence-corrected chi connectivity index (χ3v) is 9.91. The molecule has 0 saturated heterocycles. The molecule has 0 saturated carbocycles. The van der Waals surface area contributed by atoms with Crippen LogP contribution >= 0.6 is 0 Å². The van der Waals surface area contributed by atoms with Gasteiger partial charge >= 0.3 is 0 Å². The van der Waals surface area contributed by atoms with E-state index in [0.717, 1.165) is 79.2 Å². The first-order valence-electron chi connectivity index (χ1n) is 18.3. The average Bonchev–Trinajstić information content (AvgIpc) is 3.84. The molecule has 54 heavy (non-hydrogen) atoms. The largest absolute Gasteiger partial charge is 0.292 e. The predicted octanol–water partition coefficient (Wildman–Crippen LogP) is 12.7. The van der Waals surface area contributed by atoms with E-state index >= 15 is 0 Å². The van der Waals surface area contributed by atoms with E-state index in [2.05, 4.69) is 217 Å². The molecule has 0 unspecified atom stereocenters. The number of benzene rings is 7. The van der Waals surface area contributed by atoms with Crippen LogP contribution < -0.4 is 0 Å². The molecular weight excluding hydrogens is 657 g/mol. The number of hydrogen-bond donors (Lipinski definition) is 0. The quantitative estimate of drug-likeness (QED) is 0.159. The number of nitrogens with zero attached hydrogens (tertiary/aromatic N) is 4. The molecule has 0 N–H and O–H groups in total. The summed E-state index contributed by atoms with van der Waals surface area (Å²) in [5.74, 6) is 1.72. The van der Waals surface area contributed by atoms with Crippen LogP contribution in [0.3, 0.4) is 0 Å². The minimum Gasteiger partial charge on any atom is -0.292 e. The topological polar surface area (TPSA) is 35.6 Å². The van der Waals surface area contributed by atoms with Crippen LogP contribution in [0.2, 0.25) is 0 Å². The van der Waals surface area contributed by atoms with E-state index in [1.807, 2.05) is 0 Å². The van der Waals surface area contributed by atoms with Gasteiger partial charge in [0, 0.05) is 44.8 Å². The Morgan fingerprint density at radius 1 is 0.315 bits per heavy atom. The third-order valence-electron chi connectivity index (χ3n) is 9.91. The molecule has 2 heterocycles. The summed E-state index contributed by atoms with van der Waals surface area (Å²) in [6.45, 7) is 4.25. The fourth-order valence-corrected chi connectivity index (χ4v) is 7.23. The number of imidazole rings is 2. The number of rotatable bonds is 8. The Balaban J connectivity index is 1.32. The molecule has 4 nitrogen and oxygen atoms in total. The second-order valence-corrected chi connectivity index (χ2v) is 13.7. The van der Waals surface area contributed by atoms with Gasteiger partial charge in [0.05, 0.1) is 22.8 Å². The van der Waals surface area contributed by atoms with Crippen LogP contribution in [-0.2, 0) is 0 Å². The van der Waals surface area contributed by atoms with Crippen molar-refractivity contribution in [1.29, 1.82) is 0 Å². The van der Waals surface area contributed by atoms with Crippen molar-refractivity contribution in [3.63, 3.8) is 0 Å². The summed E-state index contributed by atoms with van der Waals surface area (Å²) in [4.78, 5) is 11.0. The van der Waals surface area contributed by atoms with Crippen molar-refractivity contribution in [3.05, 3.63) is 205 Å².